The van der Waals surface area contributed by atoms with Crippen molar-refractivity contribution in [1.29, 1.82) is 0 Å². The van der Waals surface area contributed by atoms with Gasteiger partial charge in [-0.15, -0.1) is 0 Å². The predicted molar refractivity (Wildman–Crippen MR) is 80.8 cm³/mol. The minimum absolute atomic E-state index is 0.206. The molecule has 1 heterocycles. The van der Waals surface area contributed by atoms with Crippen molar-refractivity contribution < 1.29 is 4.74 Å². The van der Waals surface area contributed by atoms with Crippen LogP contribution >= 0.6 is 0 Å². The van der Waals surface area contributed by atoms with Gasteiger partial charge in [-0.2, -0.15) is 0 Å². The molecule has 2 heteroatoms. The summed E-state index contributed by atoms with van der Waals surface area (Å²) >= 11 is 0. The molecule has 1 aliphatic heterocycles. The molecule has 0 radical (unpaired) electrons. The first-order chi connectivity index (χ1) is 8.99. The van der Waals surface area contributed by atoms with Crippen molar-refractivity contribution in [2.24, 2.45) is 5.92 Å². The maximum atomic E-state index is 5.78. The number of benzene rings is 1. The van der Waals surface area contributed by atoms with Crippen LogP contribution in [-0.2, 0) is 0 Å². The average molecular weight is 261 g/mol. The molecule has 2 nitrogen and oxygen atoms in total. The first kappa shape index (κ1) is 14.4. The summed E-state index contributed by atoms with van der Waals surface area (Å²) in [6.07, 6.45) is 2.44. The van der Waals surface area contributed by atoms with Crippen LogP contribution in [0.4, 0.5) is 0 Å². The van der Waals surface area contributed by atoms with Crippen molar-refractivity contribution in [3.8, 4) is 5.75 Å². The summed E-state index contributed by atoms with van der Waals surface area (Å²) in [5.41, 5.74) is 1.61. The molecular formula is C17H27NO. The van der Waals surface area contributed by atoms with E-state index < -0.39 is 0 Å². The van der Waals surface area contributed by atoms with Crippen LogP contribution in [0.15, 0.2) is 24.3 Å². The zero-order chi connectivity index (χ0) is 13.9. The van der Waals surface area contributed by atoms with Gasteiger partial charge in [0.15, 0.2) is 0 Å². The van der Waals surface area contributed by atoms with Crippen molar-refractivity contribution in [3.63, 3.8) is 0 Å². The Morgan fingerprint density at radius 3 is 2.74 bits per heavy atom. The minimum Gasteiger partial charge on any atom is -0.493 e. The molecule has 1 N–H and O–H groups in total. The zero-order valence-electron chi connectivity index (χ0n) is 12.7. The molecule has 1 aromatic carbocycles. The Balaban J connectivity index is 1.93. The van der Waals surface area contributed by atoms with Gasteiger partial charge in [0.2, 0.25) is 0 Å². The molecule has 0 saturated heterocycles. The second-order valence-corrected chi connectivity index (χ2v) is 6.69. The van der Waals surface area contributed by atoms with Crippen molar-refractivity contribution in [1.82, 2.24) is 5.32 Å². The zero-order valence-corrected chi connectivity index (χ0v) is 12.7. The molecule has 0 spiro atoms. The maximum absolute atomic E-state index is 5.78. The topological polar surface area (TPSA) is 21.3 Å². The Hall–Kier alpha value is -1.02. The third-order valence-electron chi connectivity index (χ3n) is 3.92. The highest BCUT2D eigenvalue weighted by molar-refractivity contribution is 5.39. The summed E-state index contributed by atoms with van der Waals surface area (Å²) < 4.78 is 5.78. The van der Waals surface area contributed by atoms with Gasteiger partial charge in [-0.1, -0.05) is 31.5 Å². The van der Waals surface area contributed by atoms with Gasteiger partial charge >= 0.3 is 0 Å². The van der Waals surface area contributed by atoms with E-state index in [2.05, 4.69) is 57.3 Å². The number of hydrogen-bond donors (Lipinski definition) is 1. The molecule has 0 amide bonds. The second-order valence-electron chi connectivity index (χ2n) is 6.69. The summed E-state index contributed by atoms with van der Waals surface area (Å²) in [7, 11) is 0. The summed E-state index contributed by atoms with van der Waals surface area (Å²) in [4.78, 5) is 0. The minimum atomic E-state index is 0.206. The molecule has 0 aliphatic carbocycles. The molecule has 0 bridgehead atoms. The molecule has 0 aromatic heterocycles. The number of ether oxygens (including phenoxy) is 1. The van der Waals surface area contributed by atoms with Crippen LogP contribution in [0.25, 0.3) is 0 Å². The summed E-state index contributed by atoms with van der Waals surface area (Å²) in [5.74, 6) is 2.38. The highest BCUT2D eigenvalue weighted by Gasteiger charge is 2.26. The van der Waals surface area contributed by atoms with Crippen LogP contribution in [0, 0.1) is 5.92 Å². The maximum Gasteiger partial charge on any atom is 0.122 e. The normalized spacial score (nSPS) is 19.9. The van der Waals surface area contributed by atoms with E-state index >= 15 is 0 Å². The van der Waals surface area contributed by atoms with Gasteiger partial charge in [-0.05, 0) is 45.7 Å². The van der Waals surface area contributed by atoms with E-state index in [1.165, 1.54) is 18.4 Å². The molecule has 2 rings (SSSR count). The Morgan fingerprint density at radius 1 is 1.32 bits per heavy atom. The Kier molecular flexibility index (Phi) is 4.51. The van der Waals surface area contributed by atoms with Crippen LogP contribution < -0.4 is 10.1 Å². The highest BCUT2D eigenvalue weighted by Crippen LogP contribution is 2.37. The smallest absolute Gasteiger partial charge is 0.122 e. The number of nitrogens with one attached hydrogen (secondary N) is 1. The van der Waals surface area contributed by atoms with Crippen molar-refractivity contribution in [3.05, 3.63) is 29.8 Å². The molecule has 106 valence electrons. The SMILES string of the molecule is CCC(CNC(C)(C)C)CC1COc2ccccc21. The first-order valence-electron chi connectivity index (χ1n) is 7.46. The van der Waals surface area contributed by atoms with Gasteiger partial charge in [-0.25, -0.2) is 0 Å². The standard InChI is InChI=1S/C17H27NO/c1-5-13(11-18-17(2,3)4)10-14-12-19-16-9-7-6-8-15(14)16/h6-9,13-14,18H,5,10-12H2,1-4H3. The Labute approximate surface area is 117 Å². The van der Waals surface area contributed by atoms with Gasteiger partial charge in [0.1, 0.15) is 5.75 Å². The Morgan fingerprint density at radius 2 is 2.05 bits per heavy atom. The van der Waals surface area contributed by atoms with Crippen LogP contribution in [0.1, 0.15) is 52.0 Å². The van der Waals surface area contributed by atoms with E-state index in [4.69, 9.17) is 4.74 Å². The lowest BCUT2D eigenvalue weighted by molar-refractivity contribution is 0.289. The molecule has 1 aliphatic rings. The quantitative estimate of drug-likeness (QED) is 0.866. The first-order valence-corrected chi connectivity index (χ1v) is 7.46. The fourth-order valence-electron chi connectivity index (χ4n) is 2.67. The van der Waals surface area contributed by atoms with E-state index in [9.17, 15) is 0 Å². The third-order valence-corrected chi connectivity index (χ3v) is 3.92. The molecule has 2 unspecified atom stereocenters. The average Bonchev–Trinajstić information content (AvgIpc) is 2.77. The lowest BCUT2D eigenvalue weighted by Crippen LogP contribution is -2.39. The van der Waals surface area contributed by atoms with Gasteiger partial charge in [-0.3, -0.25) is 0 Å². The number of rotatable bonds is 5. The fourth-order valence-corrected chi connectivity index (χ4v) is 2.67. The molecule has 0 saturated carbocycles. The number of hydrogen-bond acceptors (Lipinski definition) is 2. The lowest BCUT2D eigenvalue weighted by atomic mass is 9.88. The van der Waals surface area contributed by atoms with Gasteiger partial charge < -0.3 is 10.1 Å². The summed E-state index contributed by atoms with van der Waals surface area (Å²) in [6, 6.07) is 8.48. The fraction of sp³-hybridized carbons (Fsp3) is 0.647. The van der Waals surface area contributed by atoms with Crippen LogP contribution in [0.2, 0.25) is 0 Å². The van der Waals surface area contributed by atoms with Crippen LogP contribution in [0.5, 0.6) is 5.75 Å². The van der Waals surface area contributed by atoms with Gasteiger partial charge in [0.25, 0.3) is 0 Å². The number of fused-ring (bicyclic) bond motifs is 1. The van der Waals surface area contributed by atoms with E-state index in [1.807, 2.05) is 0 Å². The lowest BCUT2D eigenvalue weighted by Gasteiger charge is -2.26. The largest absolute Gasteiger partial charge is 0.493 e. The molecule has 1 aromatic rings. The monoisotopic (exact) mass is 261 g/mol. The highest BCUT2D eigenvalue weighted by atomic mass is 16.5. The van der Waals surface area contributed by atoms with Crippen LogP contribution in [0.3, 0.4) is 0 Å². The van der Waals surface area contributed by atoms with Crippen molar-refractivity contribution >= 4 is 0 Å². The van der Waals surface area contributed by atoms with E-state index in [0.29, 0.717) is 5.92 Å². The Bertz CT molecular complexity index is 408. The van der Waals surface area contributed by atoms with Crippen molar-refractivity contribution in [2.75, 3.05) is 13.2 Å². The van der Waals surface area contributed by atoms with Crippen LogP contribution in [-0.4, -0.2) is 18.7 Å². The van der Waals surface area contributed by atoms with Gasteiger partial charge in [0, 0.05) is 17.0 Å². The van der Waals surface area contributed by atoms with E-state index in [1.54, 1.807) is 0 Å². The second kappa shape index (κ2) is 5.96. The molecule has 2 atom stereocenters. The molecule has 0 fully saturated rings. The molecular weight excluding hydrogens is 234 g/mol. The van der Waals surface area contributed by atoms with Crippen molar-refractivity contribution in [2.45, 2.75) is 52.0 Å². The van der Waals surface area contributed by atoms with E-state index in [-0.39, 0.29) is 5.54 Å². The summed E-state index contributed by atoms with van der Waals surface area (Å²) in [5, 5.41) is 3.63. The van der Waals surface area contributed by atoms with Gasteiger partial charge in [0.05, 0.1) is 6.61 Å². The third kappa shape index (κ3) is 3.97. The predicted octanol–water partition coefficient (Wildman–Crippen LogP) is 3.97. The number of para-hydroxylation sites is 1. The van der Waals surface area contributed by atoms with E-state index in [0.717, 1.165) is 24.8 Å². The summed E-state index contributed by atoms with van der Waals surface area (Å²) in [6.45, 7) is 10.9. The molecule has 19 heavy (non-hydrogen) atoms.